The summed E-state index contributed by atoms with van der Waals surface area (Å²) >= 11 is 12.1. The van der Waals surface area contributed by atoms with Gasteiger partial charge in [-0.2, -0.15) is 0 Å². The van der Waals surface area contributed by atoms with Crippen LogP contribution in [0.4, 0.5) is 4.39 Å². The molecular formula is C15H14Cl2FN. The number of rotatable bonds is 4. The van der Waals surface area contributed by atoms with Gasteiger partial charge in [-0.15, -0.1) is 0 Å². The van der Waals surface area contributed by atoms with Crippen LogP contribution in [-0.4, -0.2) is 0 Å². The molecule has 4 heteroatoms. The lowest BCUT2D eigenvalue weighted by Crippen LogP contribution is -2.19. The summed E-state index contributed by atoms with van der Waals surface area (Å²) in [6, 6.07) is 12.0. The standard InChI is InChI=1S/C15H14Cl2FN/c1-10(13-8-12(16)6-7-14(13)17)19-9-11-4-2-3-5-15(11)18/h2-8,10,19H,9H2,1H3. The second-order valence-electron chi connectivity index (χ2n) is 4.36. The fourth-order valence-corrected chi connectivity index (χ4v) is 2.32. The summed E-state index contributed by atoms with van der Waals surface area (Å²) in [4.78, 5) is 0. The Kier molecular flexibility index (Phi) is 4.81. The van der Waals surface area contributed by atoms with Gasteiger partial charge in [-0.25, -0.2) is 4.39 Å². The van der Waals surface area contributed by atoms with Crippen LogP contribution in [0.2, 0.25) is 10.0 Å². The predicted octanol–water partition coefficient (Wildman–Crippen LogP) is 4.98. The van der Waals surface area contributed by atoms with Crippen molar-refractivity contribution in [2.75, 3.05) is 0 Å². The van der Waals surface area contributed by atoms with E-state index in [4.69, 9.17) is 23.2 Å². The molecule has 0 aromatic heterocycles. The Morgan fingerprint density at radius 3 is 2.63 bits per heavy atom. The van der Waals surface area contributed by atoms with Gasteiger partial charge in [-0.05, 0) is 36.8 Å². The van der Waals surface area contributed by atoms with Crippen molar-refractivity contribution in [2.24, 2.45) is 0 Å². The molecule has 1 N–H and O–H groups in total. The van der Waals surface area contributed by atoms with Crippen LogP contribution >= 0.6 is 23.2 Å². The first kappa shape index (κ1) is 14.3. The van der Waals surface area contributed by atoms with Gasteiger partial charge < -0.3 is 5.32 Å². The summed E-state index contributed by atoms with van der Waals surface area (Å²) in [5.41, 5.74) is 1.54. The predicted molar refractivity (Wildman–Crippen MR) is 78.1 cm³/mol. The molecule has 2 rings (SSSR count). The zero-order valence-corrected chi connectivity index (χ0v) is 12.0. The third-order valence-corrected chi connectivity index (χ3v) is 3.56. The Bertz CT molecular complexity index is 572. The summed E-state index contributed by atoms with van der Waals surface area (Å²) in [5.74, 6) is -0.209. The fourth-order valence-electron chi connectivity index (χ4n) is 1.86. The monoisotopic (exact) mass is 297 g/mol. The van der Waals surface area contributed by atoms with Crippen molar-refractivity contribution in [3.8, 4) is 0 Å². The summed E-state index contributed by atoms with van der Waals surface area (Å²) < 4.78 is 13.5. The molecule has 1 nitrogen and oxygen atoms in total. The van der Waals surface area contributed by atoms with Crippen LogP contribution in [-0.2, 0) is 6.54 Å². The number of nitrogens with one attached hydrogen (secondary N) is 1. The largest absolute Gasteiger partial charge is 0.306 e. The Balaban J connectivity index is 2.07. The zero-order chi connectivity index (χ0) is 13.8. The van der Waals surface area contributed by atoms with Crippen LogP contribution < -0.4 is 5.32 Å². The van der Waals surface area contributed by atoms with E-state index in [1.165, 1.54) is 6.07 Å². The van der Waals surface area contributed by atoms with Gasteiger partial charge in [0.15, 0.2) is 0 Å². The van der Waals surface area contributed by atoms with Gasteiger partial charge in [0.25, 0.3) is 0 Å². The lowest BCUT2D eigenvalue weighted by Gasteiger charge is -2.16. The van der Waals surface area contributed by atoms with Crippen LogP contribution in [0.15, 0.2) is 42.5 Å². The Hall–Kier alpha value is -1.09. The van der Waals surface area contributed by atoms with Crippen LogP contribution in [0.3, 0.4) is 0 Å². The second kappa shape index (κ2) is 6.38. The second-order valence-corrected chi connectivity index (χ2v) is 5.20. The molecule has 0 amide bonds. The maximum Gasteiger partial charge on any atom is 0.127 e. The lowest BCUT2D eigenvalue weighted by molar-refractivity contribution is 0.544. The lowest BCUT2D eigenvalue weighted by atomic mass is 10.1. The minimum Gasteiger partial charge on any atom is -0.306 e. The van der Waals surface area contributed by atoms with E-state index in [2.05, 4.69) is 5.32 Å². The highest BCUT2D eigenvalue weighted by molar-refractivity contribution is 6.33. The van der Waals surface area contributed by atoms with Gasteiger partial charge in [-0.1, -0.05) is 41.4 Å². The van der Waals surface area contributed by atoms with Crippen molar-refractivity contribution in [3.63, 3.8) is 0 Å². The highest BCUT2D eigenvalue weighted by Gasteiger charge is 2.10. The van der Waals surface area contributed by atoms with E-state index >= 15 is 0 Å². The van der Waals surface area contributed by atoms with Crippen molar-refractivity contribution >= 4 is 23.2 Å². The normalized spacial score (nSPS) is 12.4. The van der Waals surface area contributed by atoms with E-state index in [1.54, 1.807) is 24.3 Å². The van der Waals surface area contributed by atoms with Gasteiger partial charge in [0, 0.05) is 28.2 Å². The summed E-state index contributed by atoms with van der Waals surface area (Å²) in [7, 11) is 0. The molecule has 0 aliphatic heterocycles. The van der Waals surface area contributed by atoms with E-state index in [9.17, 15) is 4.39 Å². The summed E-state index contributed by atoms with van der Waals surface area (Å²) in [6.07, 6.45) is 0. The highest BCUT2D eigenvalue weighted by Crippen LogP contribution is 2.26. The van der Waals surface area contributed by atoms with E-state index in [0.29, 0.717) is 22.2 Å². The molecule has 0 bridgehead atoms. The smallest absolute Gasteiger partial charge is 0.127 e. The number of hydrogen-bond donors (Lipinski definition) is 1. The molecule has 0 heterocycles. The fraction of sp³-hybridized carbons (Fsp3) is 0.200. The summed E-state index contributed by atoms with van der Waals surface area (Å²) in [5, 5.41) is 4.53. The SMILES string of the molecule is CC(NCc1ccccc1F)c1cc(Cl)ccc1Cl. The molecule has 19 heavy (non-hydrogen) atoms. The first-order valence-corrected chi connectivity index (χ1v) is 6.75. The molecule has 2 aromatic rings. The summed E-state index contributed by atoms with van der Waals surface area (Å²) in [6.45, 7) is 2.41. The average Bonchev–Trinajstić information content (AvgIpc) is 2.40. The molecule has 1 unspecified atom stereocenters. The van der Waals surface area contributed by atoms with Crippen molar-refractivity contribution in [3.05, 3.63) is 69.5 Å². The minimum atomic E-state index is -0.209. The number of hydrogen-bond acceptors (Lipinski definition) is 1. The zero-order valence-electron chi connectivity index (χ0n) is 10.5. The van der Waals surface area contributed by atoms with Gasteiger partial charge in [0.2, 0.25) is 0 Å². The third-order valence-electron chi connectivity index (χ3n) is 2.98. The molecule has 0 radical (unpaired) electrons. The molecule has 2 aromatic carbocycles. The number of halogens is 3. The van der Waals surface area contributed by atoms with Crippen molar-refractivity contribution in [1.29, 1.82) is 0 Å². The topological polar surface area (TPSA) is 12.0 Å². The maximum absolute atomic E-state index is 13.5. The Morgan fingerprint density at radius 2 is 1.89 bits per heavy atom. The van der Waals surface area contributed by atoms with Crippen molar-refractivity contribution in [1.82, 2.24) is 5.32 Å². The molecule has 0 spiro atoms. The van der Waals surface area contributed by atoms with Gasteiger partial charge in [0.1, 0.15) is 5.82 Å². The average molecular weight is 298 g/mol. The number of benzene rings is 2. The molecule has 100 valence electrons. The Labute approximate surface area is 122 Å². The van der Waals surface area contributed by atoms with Crippen LogP contribution in [0.25, 0.3) is 0 Å². The molecule has 0 aliphatic carbocycles. The molecule has 1 atom stereocenters. The van der Waals surface area contributed by atoms with E-state index < -0.39 is 0 Å². The van der Waals surface area contributed by atoms with Gasteiger partial charge in [0.05, 0.1) is 0 Å². The van der Waals surface area contributed by atoms with E-state index in [0.717, 1.165) is 5.56 Å². The molecule has 0 aliphatic rings. The van der Waals surface area contributed by atoms with E-state index in [1.807, 2.05) is 19.1 Å². The molecule has 0 fully saturated rings. The highest BCUT2D eigenvalue weighted by atomic mass is 35.5. The quantitative estimate of drug-likeness (QED) is 0.839. The van der Waals surface area contributed by atoms with Crippen LogP contribution in [0, 0.1) is 5.82 Å². The molecule has 0 saturated heterocycles. The first-order valence-electron chi connectivity index (χ1n) is 5.99. The molecule has 0 saturated carbocycles. The van der Waals surface area contributed by atoms with Crippen molar-refractivity contribution in [2.45, 2.75) is 19.5 Å². The van der Waals surface area contributed by atoms with Gasteiger partial charge >= 0.3 is 0 Å². The minimum absolute atomic E-state index is 0.00851. The van der Waals surface area contributed by atoms with Crippen LogP contribution in [0.1, 0.15) is 24.1 Å². The van der Waals surface area contributed by atoms with Crippen molar-refractivity contribution < 1.29 is 4.39 Å². The van der Waals surface area contributed by atoms with E-state index in [-0.39, 0.29) is 11.9 Å². The molecular weight excluding hydrogens is 284 g/mol. The maximum atomic E-state index is 13.5. The van der Waals surface area contributed by atoms with Gasteiger partial charge in [-0.3, -0.25) is 0 Å². The van der Waals surface area contributed by atoms with Crippen LogP contribution in [0.5, 0.6) is 0 Å². The first-order chi connectivity index (χ1) is 9.08. The third kappa shape index (κ3) is 3.69. The Morgan fingerprint density at radius 1 is 1.16 bits per heavy atom.